The van der Waals surface area contributed by atoms with Crippen LogP contribution in [0.2, 0.25) is 0 Å². The molecule has 2 heterocycles. The molecule has 42 heavy (non-hydrogen) atoms. The monoisotopic (exact) mass is 565 g/mol. The normalized spacial score (nSPS) is 13.3. The van der Waals surface area contributed by atoms with Crippen molar-refractivity contribution in [3.05, 3.63) is 81.2 Å². The Labute approximate surface area is 244 Å². The molecule has 7 nitrogen and oxygen atoms in total. The summed E-state index contributed by atoms with van der Waals surface area (Å²) in [7, 11) is 8.67. The molecule has 0 bridgehead atoms. The molecule has 0 atom stereocenters. The molecule has 0 N–H and O–H groups in total. The van der Waals surface area contributed by atoms with Crippen LogP contribution in [0.5, 0.6) is 23.0 Å². The van der Waals surface area contributed by atoms with E-state index in [-0.39, 0.29) is 5.63 Å². The van der Waals surface area contributed by atoms with Gasteiger partial charge in [-0.05, 0) is 70.0 Å². The van der Waals surface area contributed by atoms with Gasteiger partial charge in [0.25, 0.3) is 0 Å². The highest BCUT2D eigenvalue weighted by Gasteiger charge is 2.26. The zero-order chi connectivity index (χ0) is 29.7. The number of likely N-dealkylation sites (N-methyl/N-ethyl adjacent to an activating group) is 1. The van der Waals surface area contributed by atoms with Crippen LogP contribution in [0, 0.1) is 0 Å². The van der Waals surface area contributed by atoms with Crippen LogP contribution in [0.4, 0.5) is 0 Å². The molecule has 0 aliphatic carbocycles. The second-order valence-corrected chi connectivity index (χ2v) is 11.0. The van der Waals surface area contributed by atoms with E-state index in [1.54, 1.807) is 34.5 Å². The van der Waals surface area contributed by atoms with E-state index < -0.39 is 0 Å². The minimum Gasteiger partial charge on any atom is -0.493 e. The smallest absolute Gasteiger partial charge is 0.336 e. The van der Waals surface area contributed by atoms with Crippen molar-refractivity contribution < 1.29 is 23.4 Å². The molecule has 0 radical (unpaired) electrons. The Morgan fingerprint density at radius 2 is 1.55 bits per heavy atom. The number of fused-ring (bicyclic) bond motifs is 6. The number of hydrogen-bond donors (Lipinski definition) is 0. The first kappa shape index (κ1) is 27.5. The zero-order valence-corrected chi connectivity index (χ0v) is 25.1. The van der Waals surface area contributed by atoms with Gasteiger partial charge >= 0.3 is 5.63 Å². The van der Waals surface area contributed by atoms with Crippen molar-refractivity contribution in [1.82, 2.24) is 4.90 Å². The number of nitrogens with zero attached hydrogens (tertiary/aromatic N) is 1. The Balaban J connectivity index is 1.70. The number of benzene rings is 4. The topological polar surface area (TPSA) is 70.4 Å². The van der Waals surface area contributed by atoms with Crippen LogP contribution in [0.15, 0.2) is 57.7 Å². The van der Waals surface area contributed by atoms with Crippen LogP contribution in [-0.4, -0.2) is 46.9 Å². The first-order valence-corrected chi connectivity index (χ1v) is 14.1. The van der Waals surface area contributed by atoms with Gasteiger partial charge in [0.05, 0.1) is 28.4 Å². The molecule has 6 rings (SSSR count). The minimum atomic E-state index is -0.382. The summed E-state index contributed by atoms with van der Waals surface area (Å²) in [6.07, 6.45) is 2.89. The van der Waals surface area contributed by atoms with Gasteiger partial charge in [-0.25, -0.2) is 4.79 Å². The van der Waals surface area contributed by atoms with Crippen molar-refractivity contribution >= 4 is 44.3 Å². The summed E-state index contributed by atoms with van der Waals surface area (Å²) in [5.41, 5.74) is 5.19. The molecule has 0 spiro atoms. The molecular formula is C35H35NO6. The van der Waals surface area contributed by atoms with E-state index in [0.29, 0.717) is 34.5 Å². The van der Waals surface area contributed by atoms with Crippen LogP contribution < -0.4 is 24.6 Å². The molecule has 1 aromatic heterocycles. The average molecular weight is 566 g/mol. The Kier molecular flexibility index (Phi) is 6.97. The zero-order valence-electron chi connectivity index (χ0n) is 25.1. The fourth-order valence-corrected chi connectivity index (χ4v) is 6.17. The van der Waals surface area contributed by atoms with Crippen molar-refractivity contribution in [3.63, 3.8) is 0 Å². The summed E-state index contributed by atoms with van der Waals surface area (Å²) in [4.78, 5) is 14.9. The maximum atomic E-state index is 12.7. The van der Waals surface area contributed by atoms with E-state index in [1.807, 2.05) is 24.3 Å². The summed E-state index contributed by atoms with van der Waals surface area (Å²) in [5.74, 6) is 2.93. The van der Waals surface area contributed by atoms with Gasteiger partial charge in [0.2, 0.25) is 0 Å². The van der Waals surface area contributed by atoms with Crippen molar-refractivity contribution in [2.75, 3.05) is 42.0 Å². The highest BCUT2D eigenvalue weighted by atomic mass is 16.5. The lowest BCUT2D eigenvalue weighted by molar-refractivity contribution is 0.355. The molecule has 0 saturated carbocycles. The fourth-order valence-electron chi connectivity index (χ4n) is 6.17. The van der Waals surface area contributed by atoms with Gasteiger partial charge in [0, 0.05) is 47.3 Å². The van der Waals surface area contributed by atoms with E-state index in [1.165, 1.54) is 5.56 Å². The maximum absolute atomic E-state index is 12.7. The van der Waals surface area contributed by atoms with Crippen molar-refractivity contribution in [1.29, 1.82) is 0 Å². The number of methoxy groups -OCH3 is 4. The highest BCUT2D eigenvalue weighted by molar-refractivity contribution is 6.15. The third-order valence-corrected chi connectivity index (χ3v) is 8.36. The first-order valence-electron chi connectivity index (χ1n) is 14.1. The van der Waals surface area contributed by atoms with Gasteiger partial charge in [0.1, 0.15) is 5.58 Å². The molecule has 0 fully saturated rings. The standard InChI is InChI=1S/C35H35NO6/c1-19(2)20-9-11-29-26(14-20)25(18-32(37)42-29)28-16-27-22(12-13-36(28)3)23-10-8-21-15-30(38-4)31(39-5)17-24(21)33(23)35(41-7)34(27)40-6/h8-11,14-19H,12-13H2,1-7H3. The van der Waals surface area contributed by atoms with Gasteiger partial charge in [-0.3, -0.25) is 0 Å². The van der Waals surface area contributed by atoms with Gasteiger partial charge in [0.15, 0.2) is 23.0 Å². The third-order valence-electron chi connectivity index (χ3n) is 8.36. The van der Waals surface area contributed by atoms with Gasteiger partial charge in [-0.1, -0.05) is 32.0 Å². The minimum absolute atomic E-state index is 0.333. The Morgan fingerprint density at radius 3 is 2.24 bits per heavy atom. The second-order valence-electron chi connectivity index (χ2n) is 11.0. The predicted octanol–water partition coefficient (Wildman–Crippen LogP) is 7.24. The molecule has 4 aromatic carbocycles. The summed E-state index contributed by atoms with van der Waals surface area (Å²) >= 11 is 0. The second kappa shape index (κ2) is 10.6. The molecule has 0 unspecified atom stereocenters. The summed E-state index contributed by atoms with van der Waals surface area (Å²) < 4.78 is 29.0. The van der Waals surface area contributed by atoms with Gasteiger partial charge in [-0.2, -0.15) is 0 Å². The number of hydrogen-bond acceptors (Lipinski definition) is 7. The summed E-state index contributed by atoms with van der Waals surface area (Å²) in [6, 6.07) is 15.9. The lowest BCUT2D eigenvalue weighted by atomic mass is 9.91. The van der Waals surface area contributed by atoms with Gasteiger partial charge < -0.3 is 28.3 Å². The van der Waals surface area contributed by atoms with E-state index >= 15 is 0 Å². The third kappa shape index (κ3) is 4.31. The van der Waals surface area contributed by atoms with Crippen molar-refractivity contribution in [2.45, 2.75) is 26.2 Å². The Bertz CT molecular complexity index is 1950. The van der Waals surface area contributed by atoms with Crippen molar-refractivity contribution in [2.24, 2.45) is 0 Å². The largest absolute Gasteiger partial charge is 0.493 e. The quantitative estimate of drug-likeness (QED) is 0.159. The number of ether oxygens (including phenoxy) is 4. The van der Waals surface area contributed by atoms with E-state index in [2.05, 4.69) is 50.1 Å². The van der Waals surface area contributed by atoms with Crippen molar-refractivity contribution in [3.8, 4) is 23.0 Å². The first-order chi connectivity index (χ1) is 20.3. The van der Waals surface area contributed by atoms with E-state index in [9.17, 15) is 4.79 Å². The molecule has 7 heteroatoms. The summed E-state index contributed by atoms with van der Waals surface area (Å²) in [5, 5.41) is 4.93. The fraction of sp³-hybridized carbons (Fsp3) is 0.286. The lowest BCUT2D eigenvalue weighted by Crippen LogP contribution is -2.19. The Morgan fingerprint density at radius 1 is 0.810 bits per heavy atom. The molecule has 0 amide bonds. The molecule has 216 valence electrons. The molecular weight excluding hydrogens is 530 g/mol. The highest BCUT2D eigenvalue weighted by Crippen LogP contribution is 2.49. The summed E-state index contributed by atoms with van der Waals surface area (Å²) in [6.45, 7) is 5.05. The predicted molar refractivity (Wildman–Crippen MR) is 168 cm³/mol. The van der Waals surface area contributed by atoms with Gasteiger partial charge in [-0.15, -0.1) is 0 Å². The van der Waals surface area contributed by atoms with E-state index in [0.717, 1.165) is 62.3 Å². The molecule has 1 aliphatic heterocycles. The SMILES string of the molecule is COc1cc2ccc3c4c(c(OC)c(OC)c3c2cc1OC)C=C(c1cc(=O)oc2ccc(C(C)C)cc12)N(C)CC4. The van der Waals surface area contributed by atoms with Crippen LogP contribution in [-0.2, 0) is 6.42 Å². The molecule has 5 aromatic rings. The molecule has 0 saturated heterocycles. The average Bonchev–Trinajstić information content (AvgIpc) is 3.17. The van der Waals surface area contributed by atoms with Crippen LogP contribution >= 0.6 is 0 Å². The van der Waals surface area contributed by atoms with Crippen LogP contribution in [0.1, 0.15) is 42.0 Å². The lowest BCUT2D eigenvalue weighted by Gasteiger charge is -2.22. The Hall–Kier alpha value is -4.65. The van der Waals surface area contributed by atoms with Crippen LogP contribution in [0.3, 0.4) is 0 Å². The maximum Gasteiger partial charge on any atom is 0.336 e. The van der Waals surface area contributed by atoms with E-state index in [4.69, 9.17) is 23.4 Å². The number of rotatable bonds is 6. The molecule has 1 aliphatic rings. The van der Waals surface area contributed by atoms with Crippen LogP contribution in [0.25, 0.3) is 44.3 Å².